The van der Waals surface area contributed by atoms with Crippen LogP contribution < -0.4 is 0 Å². The topological polar surface area (TPSA) is 23.5 Å². The Bertz CT molecular complexity index is 556. The molecule has 0 radical (unpaired) electrons. The first-order chi connectivity index (χ1) is 10.7. The zero-order valence-electron chi connectivity index (χ0n) is 12.5. The van der Waals surface area contributed by atoms with E-state index >= 15 is 0 Å². The highest BCUT2D eigenvalue weighted by atomic mass is 35.5. The van der Waals surface area contributed by atoms with Gasteiger partial charge in [-0.1, -0.05) is 42.5 Å². The highest BCUT2D eigenvalue weighted by Gasteiger charge is 2.20. The Kier molecular flexibility index (Phi) is 7.04. The van der Waals surface area contributed by atoms with Crippen molar-refractivity contribution in [3.8, 4) is 5.75 Å². The molecule has 0 saturated heterocycles. The first-order valence-corrected chi connectivity index (χ1v) is 8.50. The summed E-state index contributed by atoms with van der Waals surface area (Å²) in [5, 5.41) is 9.69. The van der Waals surface area contributed by atoms with Crippen LogP contribution in [0.15, 0.2) is 54.6 Å². The summed E-state index contributed by atoms with van der Waals surface area (Å²) < 4.78 is 0. The van der Waals surface area contributed by atoms with Crippen molar-refractivity contribution in [1.82, 2.24) is 4.90 Å². The molecule has 2 nitrogen and oxygen atoms in total. The third kappa shape index (κ3) is 4.91. The van der Waals surface area contributed by atoms with Gasteiger partial charge in [0.15, 0.2) is 0 Å². The van der Waals surface area contributed by atoms with E-state index in [1.54, 1.807) is 6.07 Å². The van der Waals surface area contributed by atoms with Crippen molar-refractivity contribution in [2.24, 2.45) is 0 Å². The van der Waals surface area contributed by atoms with Crippen LogP contribution in [0.2, 0.25) is 0 Å². The van der Waals surface area contributed by atoms with Crippen molar-refractivity contribution >= 4 is 23.2 Å². The molecule has 2 rings (SSSR count). The lowest BCUT2D eigenvalue weighted by Crippen LogP contribution is -2.33. The lowest BCUT2D eigenvalue weighted by molar-refractivity contribution is 0.220. The number of rotatable bonds is 8. The number of hydrogen-bond donors (Lipinski definition) is 1. The monoisotopic (exact) mass is 337 g/mol. The molecule has 0 aromatic heterocycles. The van der Waals surface area contributed by atoms with Crippen LogP contribution in [0.4, 0.5) is 0 Å². The lowest BCUT2D eigenvalue weighted by Gasteiger charge is -2.31. The molecule has 2 aromatic rings. The van der Waals surface area contributed by atoms with Gasteiger partial charge in [-0.25, -0.2) is 0 Å². The predicted molar refractivity (Wildman–Crippen MR) is 94.0 cm³/mol. The second-order valence-electron chi connectivity index (χ2n) is 5.21. The molecule has 0 aliphatic rings. The molecule has 1 N–H and O–H groups in total. The van der Waals surface area contributed by atoms with Crippen molar-refractivity contribution in [2.75, 3.05) is 24.8 Å². The third-order valence-corrected chi connectivity index (χ3v) is 4.05. The van der Waals surface area contributed by atoms with Crippen LogP contribution in [-0.2, 0) is 6.42 Å². The number of phenolic OH excluding ortho intramolecular Hbond substituents is 1. The molecule has 0 fully saturated rings. The number of benzene rings is 2. The van der Waals surface area contributed by atoms with Gasteiger partial charge in [0, 0.05) is 30.9 Å². The minimum Gasteiger partial charge on any atom is -0.508 e. The maximum absolute atomic E-state index is 9.69. The van der Waals surface area contributed by atoms with Gasteiger partial charge >= 0.3 is 0 Å². The summed E-state index contributed by atoms with van der Waals surface area (Å²) in [6.45, 7) is 1.57. The van der Waals surface area contributed by atoms with Crippen molar-refractivity contribution in [1.29, 1.82) is 0 Å². The number of alkyl halides is 2. The van der Waals surface area contributed by atoms with Crippen molar-refractivity contribution in [2.45, 2.75) is 12.5 Å². The molecule has 4 heteroatoms. The van der Waals surface area contributed by atoms with Crippen molar-refractivity contribution in [3.05, 3.63) is 65.7 Å². The highest BCUT2D eigenvalue weighted by molar-refractivity contribution is 6.18. The molecule has 0 bridgehead atoms. The Morgan fingerprint density at radius 1 is 0.909 bits per heavy atom. The molecule has 1 unspecified atom stereocenters. The lowest BCUT2D eigenvalue weighted by atomic mass is 9.97. The summed E-state index contributed by atoms with van der Waals surface area (Å²) in [6, 6.07) is 18.0. The summed E-state index contributed by atoms with van der Waals surface area (Å²) in [5.74, 6) is 1.44. The fraction of sp³-hybridized carbons (Fsp3) is 0.333. The van der Waals surface area contributed by atoms with Gasteiger partial charge in [-0.2, -0.15) is 0 Å². The van der Waals surface area contributed by atoms with Crippen molar-refractivity contribution < 1.29 is 5.11 Å². The van der Waals surface area contributed by atoms with E-state index in [4.69, 9.17) is 23.2 Å². The van der Waals surface area contributed by atoms with Gasteiger partial charge in [0.2, 0.25) is 0 Å². The van der Waals surface area contributed by atoms with E-state index in [2.05, 4.69) is 17.0 Å². The quantitative estimate of drug-likeness (QED) is 0.719. The Hall–Kier alpha value is -1.22. The highest BCUT2D eigenvalue weighted by Crippen LogP contribution is 2.26. The Morgan fingerprint density at radius 3 is 2.18 bits per heavy atom. The first kappa shape index (κ1) is 17.1. The maximum Gasteiger partial charge on any atom is 0.115 e. The van der Waals surface area contributed by atoms with E-state index in [9.17, 15) is 5.11 Å². The largest absolute Gasteiger partial charge is 0.508 e. The molecule has 0 aliphatic carbocycles. The van der Waals surface area contributed by atoms with E-state index in [1.165, 1.54) is 5.56 Å². The predicted octanol–water partition coefficient (Wildman–Crippen LogP) is 4.46. The zero-order valence-corrected chi connectivity index (χ0v) is 14.0. The smallest absolute Gasteiger partial charge is 0.115 e. The summed E-state index contributed by atoms with van der Waals surface area (Å²) in [7, 11) is 0. The molecule has 0 saturated carbocycles. The second-order valence-corrected chi connectivity index (χ2v) is 5.97. The van der Waals surface area contributed by atoms with E-state index < -0.39 is 0 Å². The molecule has 0 aliphatic heterocycles. The van der Waals surface area contributed by atoms with Gasteiger partial charge in [0.25, 0.3) is 0 Å². The summed E-state index contributed by atoms with van der Waals surface area (Å²) >= 11 is 11.9. The number of aromatic hydroxyl groups is 1. The third-order valence-electron chi connectivity index (χ3n) is 3.71. The van der Waals surface area contributed by atoms with Gasteiger partial charge in [-0.05, 0) is 29.7 Å². The number of phenols is 1. The fourth-order valence-corrected chi connectivity index (χ4v) is 3.11. The van der Waals surface area contributed by atoms with Gasteiger partial charge in [-0.3, -0.25) is 4.90 Å². The minimum atomic E-state index is 0.195. The second kappa shape index (κ2) is 9.04. The van der Waals surface area contributed by atoms with Crippen LogP contribution in [0, 0.1) is 0 Å². The van der Waals surface area contributed by atoms with Crippen LogP contribution >= 0.6 is 23.2 Å². The summed E-state index contributed by atoms with van der Waals surface area (Å²) in [4.78, 5) is 2.30. The number of hydrogen-bond acceptors (Lipinski definition) is 2. The first-order valence-electron chi connectivity index (χ1n) is 7.43. The molecule has 0 amide bonds. The molecular weight excluding hydrogens is 317 g/mol. The summed E-state index contributed by atoms with van der Waals surface area (Å²) in [6.07, 6.45) is 0.812. The average Bonchev–Trinajstić information content (AvgIpc) is 2.53. The Labute approximate surface area is 142 Å². The molecule has 22 heavy (non-hydrogen) atoms. The number of nitrogens with zero attached hydrogens (tertiary/aromatic N) is 1. The van der Waals surface area contributed by atoms with Gasteiger partial charge in [0.1, 0.15) is 5.75 Å². The van der Waals surface area contributed by atoms with Gasteiger partial charge in [0.05, 0.1) is 0 Å². The van der Waals surface area contributed by atoms with E-state index in [1.807, 2.05) is 36.4 Å². The molecule has 1 atom stereocenters. The Balaban J connectivity index is 2.28. The molecule has 0 spiro atoms. The van der Waals surface area contributed by atoms with Gasteiger partial charge in [-0.15, -0.1) is 23.2 Å². The van der Waals surface area contributed by atoms with Crippen LogP contribution in [0.1, 0.15) is 17.2 Å². The number of halogens is 2. The maximum atomic E-state index is 9.69. The normalized spacial score (nSPS) is 12.5. The van der Waals surface area contributed by atoms with Crippen molar-refractivity contribution in [3.63, 3.8) is 0 Å². The molecule has 0 heterocycles. The van der Waals surface area contributed by atoms with Crippen LogP contribution in [0.3, 0.4) is 0 Å². The fourth-order valence-electron chi connectivity index (χ4n) is 2.68. The minimum absolute atomic E-state index is 0.195. The van der Waals surface area contributed by atoms with E-state index in [0.717, 1.165) is 25.1 Å². The SMILES string of the molecule is Oc1cccc(CC(c2ccccc2)N(CCCl)CCCl)c1. The van der Waals surface area contributed by atoms with E-state index in [0.29, 0.717) is 17.5 Å². The standard InChI is InChI=1S/C18H21Cl2NO/c19-9-11-21(12-10-20)18(16-6-2-1-3-7-16)14-15-5-4-8-17(22)13-15/h1-8,13,18,22H,9-12,14H2. The van der Waals surface area contributed by atoms with Crippen LogP contribution in [0.5, 0.6) is 5.75 Å². The Morgan fingerprint density at radius 2 is 1.59 bits per heavy atom. The van der Waals surface area contributed by atoms with E-state index in [-0.39, 0.29) is 6.04 Å². The summed E-state index contributed by atoms with van der Waals surface area (Å²) in [5.41, 5.74) is 2.34. The van der Waals surface area contributed by atoms with Gasteiger partial charge < -0.3 is 5.11 Å². The molecule has 2 aromatic carbocycles. The van der Waals surface area contributed by atoms with Crippen LogP contribution in [0.25, 0.3) is 0 Å². The van der Waals surface area contributed by atoms with Crippen LogP contribution in [-0.4, -0.2) is 34.9 Å². The average molecular weight is 338 g/mol. The zero-order chi connectivity index (χ0) is 15.8. The molecular formula is C18H21Cl2NO. The molecule has 118 valence electrons.